The zero-order chi connectivity index (χ0) is 19.0. The van der Waals surface area contributed by atoms with Crippen LogP contribution in [-0.2, 0) is 18.4 Å². The number of hydrogen-bond acceptors (Lipinski definition) is 5. The van der Waals surface area contributed by atoms with Crippen LogP contribution in [-0.4, -0.2) is 29.1 Å². The number of amides is 1. The lowest BCUT2D eigenvalue weighted by molar-refractivity contribution is -0.118. The van der Waals surface area contributed by atoms with Crippen molar-refractivity contribution in [2.45, 2.75) is 66.2 Å². The van der Waals surface area contributed by atoms with E-state index in [1.807, 2.05) is 13.8 Å². The van der Waals surface area contributed by atoms with Gasteiger partial charge in [-0.2, -0.15) is 0 Å². The summed E-state index contributed by atoms with van der Waals surface area (Å²) in [6.07, 6.45) is 3.06. The second-order valence-corrected chi connectivity index (χ2v) is 8.52. The van der Waals surface area contributed by atoms with Gasteiger partial charge in [0, 0.05) is 18.1 Å². The minimum Gasteiger partial charge on any atom is -0.325 e. The van der Waals surface area contributed by atoms with Crippen LogP contribution in [0.15, 0.2) is 24.5 Å². The summed E-state index contributed by atoms with van der Waals surface area (Å²) in [4.78, 5) is 16.6. The highest BCUT2D eigenvalue weighted by Crippen LogP contribution is 2.47. The van der Waals surface area contributed by atoms with E-state index in [1.54, 1.807) is 52.2 Å². The zero-order valence-corrected chi connectivity index (χ0v) is 16.7. The molecule has 142 valence electrons. The van der Waals surface area contributed by atoms with Gasteiger partial charge in [-0.05, 0) is 52.2 Å². The average molecular weight is 371 g/mol. The van der Waals surface area contributed by atoms with Crippen LogP contribution in [0.3, 0.4) is 0 Å². The van der Waals surface area contributed by atoms with Crippen LogP contribution in [0.5, 0.6) is 0 Å². The van der Waals surface area contributed by atoms with Gasteiger partial charge in [0.2, 0.25) is 5.91 Å². The van der Waals surface area contributed by atoms with Gasteiger partial charge in [-0.15, -0.1) is 0 Å². The Bertz CT molecular complexity index is 565. The smallest absolute Gasteiger partial charge is 0.325 e. The summed E-state index contributed by atoms with van der Waals surface area (Å²) in [5.74, 6) is -0.0768. The molecule has 0 aliphatic heterocycles. The van der Waals surface area contributed by atoms with Gasteiger partial charge in [0.1, 0.15) is 0 Å². The van der Waals surface area contributed by atoms with Gasteiger partial charge in [-0.1, -0.05) is 13.8 Å². The highest BCUT2D eigenvalue weighted by atomic mass is 31.2. The Hall–Kier alpha value is -1.27. The number of pyridine rings is 1. The van der Waals surface area contributed by atoms with Crippen molar-refractivity contribution >= 4 is 19.3 Å². The largest absolute Gasteiger partial charge is 0.406 e. The number of nitrogens with one attached hydrogen (secondary N) is 2. The number of nitrogens with zero attached hydrogens (tertiary/aromatic N) is 1. The van der Waals surface area contributed by atoms with E-state index in [0.717, 1.165) is 0 Å². The van der Waals surface area contributed by atoms with E-state index < -0.39 is 13.8 Å². The maximum atomic E-state index is 13.0. The third-order valence-corrected chi connectivity index (χ3v) is 5.01. The van der Waals surface area contributed by atoms with Crippen molar-refractivity contribution < 1.29 is 18.4 Å². The molecule has 1 heterocycles. The number of carbonyl (C=O) groups is 1. The summed E-state index contributed by atoms with van der Waals surface area (Å²) < 4.78 is 24.0. The number of aromatic nitrogens is 1. The van der Waals surface area contributed by atoms with E-state index in [9.17, 15) is 9.36 Å². The molecule has 1 atom stereocenters. The summed E-state index contributed by atoms with van der Waals surface area (Å²) >= 11 is 0. The molecule has 1 rings (SSSR count). The predicted octanol–water partition coefficient (Wildman–Crippen LogP) is 3.98. The molecule has 0 radical (unpaired) electrons. The highest BCUT2D eigenvalue weighted by molar-refractivity contribution is 7.51. The molecular weight excluding hydrogens is 341 g/mol. The third-order valence-electron chi connectivity index (χ3n) is 2.98. The van der Waals surface area contributed by atoms with Crippen molar-refractivity contribution in [2.75, 3.05) is 5.32 Å². The monoisotopic (exact) mass is 371 g/mol. The minimum atomic E-state index is -3.63. The van der Waals surface area contributed by atoms with E-state index >= 15 is 0 Å². The molecule has 2 N–H and O–H groups in total. The Morgan fingerprint density at radius 3 is 2.04 bits per heavy atom. The number of rotatable bonds is 10. The molecular formula is C17H30N3O4P. The number of hydrogen-bond donors (Lipinski definition) is 2. The lowest BCUT2D eigenvalue weighted by Crippen LogP contribution is -2.41. The van der Waals surface area contributed by atoms with Crippen LogP contribution in [0.25, 0.3) is 0 Å². The summed E-state index contributed by atoms with van der Waals surface area (Å²) in [6, 6.07) is 2.68. The lowest BCUT2D eigenvalue weighted by atomic mass is 10.0. The van der Waals surface area contributed by atoms with Crippen LogP contribution in [0.2, 0.25) is 0 Å². The molecule has 0 fully saturated rings. The first-order valence-corrected chi connectivity index (χ1v) is 10.1. The van der Waals surface area contributed by atoms with E-state index in [4.69, 9.17) is 9.05 Å². The third kappa shape index (κ3) is 8.59. The van der Waals surface area contributed by atoms with Crippen LogP contribution in [0.1, 0.15) is 48.0 Å². The fourth-order valence-electron chi connectivity index (χ4n) is 2.19. The van der Waals surface area contributed by atoms with Crippen LogP contribution in [0, 0.1) is 5.92 Å². The summed E-state index contributed by atoms with van der Waals surface area (Å²) in [6.45, 7) is 11.1. The Kier molecular flexibility index (Phi) is 8.73. The second kappa shape index (κ2) is 10.0. The van der Waals surface area contributed by atoms with Crippen LogP contribution >= 0.6 is 7.75 Å². The highest BCUT2D eigenvalue weighted by Gasteiger charge is 2.34. The lowest BCUT2D eigenvalue weighted by Gasteiger charge is -2.28. The van der Waals surface area contributed by atoms with Crippen molar-refractivity contribution in [3.63, 3.8) is 0 Å². The maximum absolute atomic E-state index is 13.0. The van der Waals surface area contributed by atoms with E-state index in [1.165, 1.54) is 0 Å². The summed E-state index contributed by atoms with van der Waals surface area (Å²) in [5.41, 5.74) is 0.625. The van der Waals surface area contributed by atoms with Gasteiger partial charge in [-0.3, -0.25) is 18.8 Å². The molecule has 0 saturated heterocycles. The van der Waals surface area contributed by atoms with Crippen molar-refractivity contribution in [2.24, 2.45) is 5.92 Å². The van der Waals surface area contributed by atoms with Crippen molar-refractivity contribution in [3.8, 4) is 0 Å². The van der Waals surface area contributed by atoms with E-state index in [2.05, 4.69) is 15.4 Å². The van der Waals surface area contributed by atoms with Crippen LogP contribution in [0.4, 0.5) is 5.69 Å². The van der Waals surface area contributed by atoms with Crippen molar-refractivity contribution in [1.82, 2.24) is 10.1 Å². The Morgan fingerprint density at radius 1 is 1.08 bits per heavy atom. The van der Waals surface area contributed by atoms with Gasteiger partial charge >= 0.3 is 7.75 Å². The first-order chi connectivity index (χ1) is 11.6. The quantitative estimate of drug-likeness (QED) is 0.605. The molecule has 0 bridgehead atoms. The van der Waals surface area contributed by atoms with Gasteiger partial charge in [0.05, 0.1) is 18.2 Å². The Labute approximate surface area is 150 Å². The van der Waals surface area contributed by atoms with Gasteiger partial charge in [-0.25, -0.2) is 9.65 Å². The molecule has 0 aliphatic carbocycles. The second-order valence-electron chi connectivity index (χ2n) is 6.84. The standard InChI is InChI=1S/C17H30N3O4P/c1-12(2)11-16(17(21)19-15-7-9-18-10-8-15)20-25(22,23-13(3)4)24-14(5)6/h7-10,12-14,16H,11H2,1-6H3,(H,20,22)(H,18,19,21)/t16-/m0/s1. The number of anilines is 1. The van der Waals surface area contributed by atoms with Crippen molar-refractivity contribution in [1.29, 1.82) is 0 Å². The SMILES string of the molecule is CC(C)C[C@H](NP(=O)(OC(C)C)OC(C)C)C(=O)Nc1ccncc1. The van der Waals surface area contributed by atoms with Crippen molar-refractivity contribution in [3.05, 3.63) is 24.5 Å². The molecule has 25 heavy (non-hydrogen) atoms. The zero-order valence-electron chi connectivity index (χ0n) is 15.9. The van der Waals surface area contributed by atoms with Gasteiger partial charge < -0.3 is 5.32 Å². The number of carbonyl (C=O) groups excluding carboxylic acids is 1. The average Bonchev–Trinajstić information content (AvgIpc) is 2.45. The fraction of sp³-hybridized carbons (Fsp3) is 0.647. The molecule has 1 amide bonds. The predicted molar refractivity (Wildman–Crippen MR) is 99.3 cm³/mol. The van der Waals surface area contributed by atoms with Gasteiger partial charge in [0.15, 0.2) is 0 Å². The molecule has 0 aromatic carbocycles. The van der Waals surface area contributed by atoms with E-state index in [0.29, 0.717) is 12.1 Å². The van der Waals surface area contributed by atoms with E-state index in [-0.39, 0.29) is 24.0 Å². The minimum absolute atomic E-state index is 0.215. The van der Waals surface area contributed by atoms with Crippen LogP contribution < -0.4 is 10.4 Å². The topological polar surface area (TPSA) is 89.5 Å². The molecule has 0 unspecified atom stereocenters. The Balaban J connectivity index is 2.94. The summed E-state index contributed by atoms with van der Waals surface area (Å²) in [5, 5.41) is 5.63. The fourth-order valence-corrected chi connectivity index (χ4v) is 4.07. The van der Waals surface area contributed by atoms with Gasteiger partial charge in [0.25, 0.3) is 0 Å². The molecule has 0 saturated carbocycles. The molecule has 0 aliphatic rings. The molecule has 8 heteroatoms. The first-order valence-electron chi connectivity index (χ1n) is 8.57. The maximum Gasteiger partial charge on any atom is 0.406 e. The summed E-state index contributed by atoms with van der Waals surface area (Å²) in [7, 11) is -3.63. The molecule has 7 nitrogen and oxygen atoms in total. The normalized spacial score (nSPS) is 13.5. The first kappa shape index (κ1) is 21.8. The Morgan fingerprint density at radius 2 is 1.60 bits per heavy atom. The molecule has 1 aromatic heterocycles. The molecule has 0 spiro atoms. The molecule has 1 aromatic rings.